The van der Waals surface area contributed by atoms with Crippen LogP contribution in [0.15, 0.2) is 65.6 Å². The van der Waals surface area contributed by atoms with Crippen molar-refractivity contribution in [1.29, 1.82) is 0 Å². The van der Waals surface area contributed by atoms with Crippen molar-refractivity contribution in [2.45, 2.75) is 18.0 Å². The molecular formula is C21H15F5N2O3S. The van der Waals surface area contributed by atoms with E-state index in [1.54, 1.807) is 4.72 Å². The fraction of sp³-hybridized carbons (Fsp3) is 0.0952. The molecule has 3 aromatic carbocycles. The van der Waals surface area contributed by atoms with Gasteiger partial charge < -0.3 is 5.32 Å². The van der Waals surface area contributed by atoms with Gasteiger partial charge in [-0.05, 0) is 55.0 Å². The van der Waals surface area contributed by atoms with E-state index in [-0.39, 0.29) is 11.3 Å². The first-order valence-corrected chi connectivity index (χ1v) is 10.4. The number of rotatable bonds is 5. The van der Waals surface area contributed by atoms with Crippen LogP contribution in [0.4, 0.5) is 33.3 Å². The van der Waals surface area contributed by atoms with E-state index in [0.717, 1.165) is 48.5 Å². The number of amides is 1. The third kappa shape index (κ3) is 5.05. The largest absolute Gasteiger partial charge is 0.416 e. The Hall–Kier alpha value is -3.47. The van der Waals surface area contributed by atoms with Gasteiger partial charge in [-0.15, -0.1) is 0 Å². The number of carbonyl (C=O) groups is 1. The molecule has 32 heavy (non-hydrogen) atoms. The number of carbonyl (C=O) groups excluding carboxylic acids is 1. The standard InChI is InChI=1S/C21H15F5N2O3S/c1-12-8-9-15(32(30,31)28-19-17(22)6-3-7-18(19)23)11-16(12)20(29)27-14-5-2-4-13(10-14)21(24,25)26/h2-11,28H,1H3,(H,27,29). The summed E-state index contributed by atoms with van der Waals surface area (Å²) in [5, 5.41) is 2.28. The van der Waals surface area contributed by atoms with Crippen LogP contribution in [0, 0.1) is 18.6 Å². The molecule has 0 saturated carbocycles. The minimum Gasteiger partial charge on any atom is -0.322 e. The summed E-state index contributed by atoms with van der Waals surface area (Å²) < 4.78 is 93.3. The summed E-state index contributed by atoms with van der Waals surface area (Å²) in [5.41, 5.74) is -1.84. The first-order valence-electron chi connectivity index (χ1n) is 8.94. The third-order valence-corrected chi connectivity index (χ3v) is 5.76. The lowest BCUT2D eigenvalue weighted by Gasteiger charge is -2.13. The number of hydrogen-bond acceptors (Lipinski definition) is 3. The Morgan fingerprint density at radius 3 is 2.16 bits per heavy atom. The molecule has 0 aliphatic rings. The molecule has 2 N–H and O–H groups in total. The molecule has 11 heteroatoms. The molecule has 0 unspecified atom stereocenters. The first kappa shape index (κ1) is 23.2. The zero-order chi connectivity index (χ0) is 23.7. The molecule has 0 atom stereocenters. The Kier molecular flexibility index (Phi) is 6.22. The number of aryl methyl sites for hydroxylation is 1. The van der Waals surface area contributed by atoms with Crippen molar-refractivity contribution in [2.24, 2.45) is 0 Å². The second-order valence-electron chi connectivity index (χ2n) is 6.71. The smallest absolute Gasteiger partial charge is 0.322 e. The highest BCUT2D eigenvalue weighted by atomic mass is 32.2. The lowest BCUT2D eigenvalue weighted by Crippen LogP contribution is -2.18. The van der Waals surface area contributed by atoms with Crippen LogP contribution >= 0.6 is 0 Å². The molecule has 168 valence electrons. The Balaban J connectivity index is 1.91. The highest BCUT2D eigenvalue weighted by Crippen LogP contribution is 2.31. The Bertz CT molecular complexity index is 1270. The van der Waals surface area contributed by atoms with E-state index >= 15 is 0 Å². The highest BCUT2D eigenvalue weighted by Gasteiger charge is 2.30. The van der Waals surface area contributed by atoms with Gasteiger partial charge in [0.15, 0.2) is 0 Å². The van der Waals surface area contributed by atoms with Gasteiger partial charge in [0, 0.05) is 11.3 Å². The maximum atomic E-state index is 13.8. The number of alkyl halides is 3. The van der Waals surface area contributed by atoms with Crippen molar-refractivity contribution in [1.82, 2.24) is 0 Å². The average Bonchev–Trinajstić information content (AvgIpc) is 2.70. The summed E-state index contributed by atoms with van der Waals surface area (Å²) in [7, 11) is -4.49. The molecule has 3 aromatic rings. The number of sulfonamides is 1. The molecule has 0 aliphatic heterocycles. The summed E-state index contributed by atoms with van der Waals surface area (Å²) in [5.74, 6) is -3.14. The maximum absolute atomic E-state index is 13.8. The molecule has 3 rings (SSSR count). The van der Waals surface area contributed by atoms with Gasteiger partial charge in [-0.3, -0.25) is 9.52 Å². The molecule has 0 radical (unpaired) electrons. The van der Waals surface area contributed by atoms with E-state index in [2.05, 4.69) is 5.32 Å². The van der Waals surface area contributed by atoms with Gasteiger partial charge in [-0.1, -0.05) is 18.2 Å². The van der Waals surface area contributed by atoms with Crippen LogP contribution in [0.5, 0.6) is 0 Å². The zero-order valence-corrected chi connectivity index (χ0v) is 17.1. The van der Waals surface area contributed by atoms with Crippen LogP contribution in [0.3, 0.4) is 0 Å². The Morgan fingerprint density at radius 2 is 1.53 bits per heavy atom. The molecule has 0 heterocycles. The highest BCUT2D eigenvalue weighted by molar-refractivity contribution is 7.92. The van der Waals surface area contributed by atoms with Crippen LogP contribution in [0.25, 0.3) is 0 Å². The summed E-state index contributed by atoms with van der Waals surface area (Å²) in [6.07, 6.45) is -4.61. The lowest BCUT2D eigenvalue weighted by atomic mass is 10.1. The third-order valence-electron chi connectivity index (χ3n) is 4.41. The normalized spacial score (nSPS) is 11.8. The predicted molar refractivity (Wildman–Crippen MR) is 108 cm³/mol. The molecule has 5 nitrogen and oxygen atoms in total. The maximum Gasteiger partial charge on any atom is 0.416 e. The quantitative estimate of drug-likeness (QED) is 0.494. The van der Waals surface area contributed by atoms with Crippen molar-refractivity contribution in [3.63, 3.8) is 0 Å². The molecule has 0 bridgehead atoms. The fourth-order valence-corrected chi connectivity index (χ4v) is 3.87. The minimum absolute atomic E-state index is 0.149. The SMILES string of the molecule is Cc1ccc(S(=O)(=O)Nc2c(F)cccc2F)cc1C(=O)Nc1cccc(C(F)(F)F)c1. The van der Waals surface area contributed by atoms with Crippen LogP contribution in [0.2, 0.25) is 0 Å². The number of halogens is 5. The zero-order valence-electron chi connectivity index (χ0n) is 16.3. The fourth-order valence-electron chi connectivity index (χ4n) is 2.77. The number of hydrogen-bond donors (Lipinski definition) is 2. The van der Waals surface area contributed by atoms with E-state index in [1.165, 1.54) is 19.1 Å². The number of benzene rings is 3. The number of para-hydroxylation sites is 1. The van der Waals surface area contributed by atoms with Gasteiger partial charge in [0.1, 0.15) is 17.3 Å². The van der Waals surface area contributed by atoms with Gasteiger partial charge in [-0.2, -0.15) is 13.2 Å². The molecule has 0 saturated heterocycles. The van der Waals surface area contributed by atoms with Gasteiger partial charge >= 0.3 is 6.18 Å². The molecule has 0 spiro atoms. The number of anilines is 2. The van der Waals surface area contributed by atoms with Crippen LogP contribution in [0.1, 0.15) is 21.5 Å². The van der Waals surface area contributed by atoms with E-state index in [4.69, 9.17) is 0 Å². The molecular weight excluding hydrogens is 455 g/mol. The molecule has 0 aliphatic carbocycles. The van der Waals surface area contributed by atoms with Crippen molar-refractivity contribution in [2.75, 3.05) is 10.0 Å². The van der Waals surface area contributed by atoms with E-state index in [1.807, 2.05) is 0 Å². The van der Waals surface area contributed by atoms with E-state index in [9.17, 15) is 35.2 Å². The number of nitrogens with one attached hydrogen (secondary N) is 2. The lowest BCUT2D eigenvalue weighted by molar-refractivity contribution is -0.137. The van der Waals surface area contributed by atoms with E-state index < -0.39 is 49.9 Å². The van der Waals surface area contributed by atoms with Crippen LogP contribution in [-0.4, -0.2) is 14.3 Å². The summed E-state index contributed by atoms with van der Waals surface area (Å²) in [4.78, 5) is 12.1. The minimum atomic E-state index is -4.61. The second kappa shape index (κ2) is 8.58. The van der Waals surface area contributed by atoms with Gasteiger partial charge in [0.05, 0.1) is 10.5 Å². The first-order chi connectivity index (χ1) is 14.9. The summed E-state index contributed by atoms with van der Waals surface area (Å²) in [6, 6.07) is 10.1. The Labute approximate surface area is 179 Å². The van der Waals surface area contributed by atoms with Crippen LogP contribution in [-0.2, 0) is 16.2 Å². The predicted octanol–water partition coefficient (Wildman–Crippen LogP) is 5.35. The Morgan fingerprint density at radius 1 is 0.906 bits per heavy atom. The van der Waals surface area contributed by atoms with Crippen molar-refractivity contribution in [3.05, 3.63) is 89.0 Å². The molecule has 0 aromatic heterocycles. The average molecular weight is 470 g/mol. The van der Waals surface area contributed by atoms with Crippen molar-refractivity contribution in [3.8, 4) is 0 Å². The van der Waals surface area contributed by atoms with Crippen LogP contribution < -0.4 is 10.0 Å². The topological polar surface area (TPSA) is 75.3 Å². The monoisotopic (exact) mass is 470 g/mol. The molecule has 0 fully saturated rings. The second-order valence-corrected chi connectivity index (χ2v) is 8.39. The van der Waals surface area contributed by atoms with Crippen molar-refractivity contribution < 1.29 is 35.2 Å². The molecule has 1 amide bonds. The summed E-state index contributed by atoms with van der Waals surface area (Å²) >= 11 is 0. The van der Waals surface area contributed by atoms with Gasteiger partial charge in [0.2, 0.25) is 0 Å². The van der Waals surface area contributed by atoms with Crippen molar-refractivity contribution >= 4 is 27.3 Å². The summed E-state index contributed by atoms with van der Waals surface area (Å²) in [6.45, 7) is 1.49. The van der Waals surface area contributed by atoms with Gasteiger partial charge in [-0.25, -0.2) is 17.2 Å². The van der Waals surface area contributed by atoms with Gasteiger partial charge in [0.25, 0.3) is 15.9 Å². The van der Waals surface area contributed by atoms with E-state index in [0.29, 0.717) is 5.56 Å².